The summed E-state index contributed by atoms with van der Waals surface area (Å²) in [5.41, 5.74) is 0.402. The maximum absolute atomic E-state index is 14.5. The van der Waals surface area contributed by atoms with Crippen LogP contribution in [0.15, 0.2) is 216 Å². The summed E-state index contributed by atoms with van der Waals surface area (Å²) >= 11 is 0. The van der Waals surface area contributed by atoms with Crippen molar-refractivity contribution >= 4 is 70.1 Å². The molecule has 12 heteroatoms. The number of carbonyl (C=O) groups excluding carboxylic acids is 2. The summed E-state index contributed by atoms with van der Waals surface area (Å²) < 4.78 is 23.2. The van der Waals surface area contributed by atoms with Gasteiger partial charge >= 0.3 is 11.9 Å². The summed E-state index contributed by atoms with van der Waals surface area (Å²) in [7, 11) is -1.91. The topological polar surface area (TPSA) is 142 Å². The quantitative estimate of drug-likeness (QED) is 0.0268. The van der Waals surface area contributed by atoms with Gasteiger partial charge in [-0.25, -0.2) is 0 Å². The Morgan fingerprint density at radius 1 is 0.417 bits per heavy atom. The largest absolute Gasteiger partial charge is 0.858 e. The monoisotopic (exact) mass is 992 g/mol. The standard InChI is InChI=1S/C60H54N2O8P2/c1-43(63)69-57-53(39-45(41-55(57)67-3)59(65)61-35-37-71(47-23-11-5-12-24-47,48-25-13-6-14-26-48)49-27-15-7-16-28-49)54-40-46(42-56(68-4)58(54)70-44(2)64)60(66)62-36-38-72(50-29-17-8-18-30-50,51-31-19-9-20-32-51)52-33-21-10-22-34-52/h5-34,39-42H,35-38H2,1-4H3. The van der Waals surface area contributed by atoms with Gasteiger partial charge < -0.3 is 29.2 Å². The fraction of sp³-hybridized carbons (Fsp3) is 0.133. The first-order valence-electron chi connectivity index (χ1n) is 23.4. The van der Waals surface area contributed by atoms with Crippen molar-refractivity contribution in [1.29, 1.82) is 0 Å². The molecule has 0 atom stereocenters. The molecule has 362 valence electrons. The smallest absolute Gasteiger partial charge is 0.308 e. The second kappa shape index (κ2) is 23.3. The zero-order valence-corrected chi connectivity index (χ0v) is 42.3. The lowest BCUT2D eigenvalue weighted by Crippen LogP contribution is -2.34. The number of ether oxygens (including phenoxy) is 4. The maximum atomic E-state index is 14.5. The molecule has 0 heterocycles. The van der Waals surface area contributed by atoms with Crippen LogP contribution < -0.4 is 61.0 Å². The van der Waals surface area contributed by atoms with Crippen LogP contribution in [0.2, 0.25) is 0 Å². The molecule has 0 spiro atoms. The Labute approximate surface area is 422 Å². The second-order valence-electron chi connectivity index (χ2n) is 16.8. The SMILES string of the molecule is COc1cc(C([O-])=NCC[P+](c2ccccc2)(c2ccccc2)c2ccccc2)cc(-c2cc(C([O-])=NCC[P+](c3ccccc3)(c3ccccc3)c3ccccc3)cc(OC)c2OC(C)=O)c1OC(C)=O. The van der Waals surface area contributed by atoms with E-state index in [-0.39, 0.29) is 58.3 Å². The van der Waals surface area contributed by atoms with Gasteiger partial charge in [-0.05, 0) is 120 Å². The summed E-state index contributed by atoms with van der Waals surface area (Å²) in [4.78, 5) is 35.0. The third-order valence-electron chi connectivity index (χ3n) is 12.4. The van der Waals surface area contributed by atoms with Crippen LogP contribution in [0.3, 0.4) is 0 Å². The van der Waals surface area contributed by atoms with Crippen LogP contribution in [0.4, 0.5) is 0 Å². The number of esters is 2. The second-order valence-corrected chi connectivity index (χ2v) is 24.0. The lowest BCUT2D eigenvalue weighted by Gasteiger charge is -2.27. The minimum absolute atomic E-state index is 0.0261. The molecule has 0 aliphatic rings. The number of hydrogen-bond donors (Lipinski definition) is 0. The molecule has 0 saturated heterocycles. The molecule has 0 N–H and O–H groups in total. The van der Waals surface area contributed by atoms with Crippen LogP contribution in [0.25, 0.3) is 11.1 Å². The zero-order chi connectivity index (χ0) is 50.5. The van der Waals surface area contributed by atoms with Crippen LogP contribution in [0.1, 0.15) is 25.0 Å². The molecule has 0 aliphatic heterocycles. The number of methoxy groups -OCH3 is 2. The number of hydrogen-bond acceptors (Lipinski definition) is 10. The zero-order valence-electron chi connectivity index (χ0n) is 40.5. The summed E-state index contributed by atoms with van der Waals surface area (Å²) in [6.45, 7) is 2.78. The number of carbonyl (C=O) groups is 2. The van der Waals surface area contributed by atoms with Crippen molar-refractivity contribution in [3.05, 3.63) is 217 Å². The Kier molecular flexibility index (Phi) is 16.4. The van der Waals surface area contributed by atoms with E-state index in [1.165, 1.54) is 52.3 Å². The Hall–Kier alpha value is -7.90. The number of nitrogens with zero attached hydrogens (tertiary/aromatic N) is 2. The molecule has 0 amide bonds. The molecule has 8 aromatic carbocycles. The number of aliphatic imine (C=N–C) groups is 2. The molecule has 0 unspecified atom stereocenters. The molecule has 8 aromatic rings. The Bertz CT molecular complexity index is 2770. The van der Waals surface area contributed by atoms with E-state index in [0.29, 0.717) is 12.3 Å². The average molecular weight is 993 g/mol. The highest BCUT2D eigenvalue weighted by atomic mass is 31.2. The molecule has 72 heavy (non-hydrogen) atoms. The highest BCUT2D eigenvalue weighted by Crippen LogP contribution is 2.56. The fourth-order valence-corrected chi connectivity index (χ4v) is 17.4. The van der Waals surface area contributed by atoms with Crippen LogP contribution in [-0.2, 0) is 9.59 Å². The van der Waals surface area contributed by atoms with Crippen molar-refractivity contribution < 1.29 is 38.7 Å². The van der Waals surface area contributed by atoms with Crippen LogP contribution in [0, 0.1) is 0 Å². The normalized spacial score (nSPS) is 11.9. The third-order valence-corrected chi connectivity index (χ3v) is 21.2. The summed E-state index contributed by atoms with van der Waals surface area (Å²) in [5, 5.41) is 35.9. The van der Waals surface area contributed by atoms with Crippen molar-refractivity contribution in [2.24, 2.45) is 9.98 Å². The molecule has 10 nitrogen and oxygen atoms in total. The van der Waals surface area contributed by atoms with E-state index >= 15 is 0 Å². The lowest BCUT2D eigenvalue weighted by molar-refractivity contribution is -0.213. The Morgan fingerprint density at radius 3 is 0.889 bits per heavy atom. The van der Waals surface area contributed by atoms with Gasteiger partial charge in [-0.15, -0.1) is 0 Å². The van der Waals surface area contributed by atoms with E-state index in [9.17, 15) is 19.8 Å². The van der Waals surface area contributed by atoms with Crippen molar-refractivity contribution in [3.8, 4) is 34.1 Å². The maximum Gasteiger partial charge on any atom is 0.308 e. The Morgan fingerprint density at radius 2 is 0.667 bits per heavy atom. The van der Waals surface area contributed by atoms with Crippen LogP contribution in [-0.4, -0.2) is 63.4 Å². The first-order chi connectivity index (χ1) is 35.1. The van der Waals surface area contributed by atoms with Crippen molar-refractivity contribution in [2.75, 3.05) is 39.6 Å². The van der Waals surface area contributed by atoms with Gasteiger partial charge in [0.25, 0.3) is 0 Å². The lowest BCUT2D eigenvalue weighted by atomic mass is 9.97. The Balaban J connectivity index is 1.22. The van der Waals surface area contributed by atoms with Gasteiger partial charge in [0.15, 0.2) is 23.0 Å². The summed E-state index contributed by atoms with van der Waals surface area (Å²) in [5.74, 6) is -2.62. The van der Waals surface area contributed by atoms with E-state index in [0.717, 1.165) is 31.8 Å². The van der Waals surface area contributed by atoms with Gasteiger partial charge in [-0.1, -0.05) is 109 Å². The van der Waals surface area contributed by atoms with Crippen molar-refractivity contribution in [3.63, 3.8) is 0 Å². The highest BCUT2D eigenvalue weighted by Gasteiger charge is 2.46. The average Bonchev–Trinajstić information content (AvgIpc) is 3.42. The van der Waals surface area contributed by atoms with Gasteiger partial charge in [0.2, 0.25) is 0 Å². The molecule has 0 bridgehead atoms. The van der Waals surface area contributed by atoms with Gasteiger partial charge in [0, 0.05) is 25.0 Å². The van der Waals surface area contributed by atoms with Gasteiger partial charge in [-0.2, -0.15) is 0 Å². The van der Waals surface area contributed by atoms with E-state index in [4.69, 9.17) is 18.9 Å². The summed E-state index contributed by atoms with van der Waals surface area (Å²) in [6.07, 6.45) is 1.08. The molecule has 0 radical (unpaired) electrons. The minimum atomic E-state index is -2.34. The first-order valence-corrected chi connectivity index (χ1v) is 27.4. The van der Waals surface area contributed by atoms with Gasteiger partial charge in [-0.3, -0.25) is 19.6 Å². The van der Waals surface area contributed by atoms with Crippen molar-refractivity contribution in [1.82, 2.24) is 0 Å². The predicted molar refractivity (Wildman–Crippen MR) is 290 cm³/mol. The molecule has 0 fully saturated rings. The van der Waals surface area contributed by atoms with Gasteiger partial charge in [0.05, 0.1) is 39.6 Å². The van der Waals surface area contributed by atoms with Gasteiger partial charge in [0.1, 0.15) is 46.4 Å². The molecular weight excluding hydrogens is 939 g/mol. The molecule has 8 rings (SSSR count). The van der Waals surface area contributed by atoms with Crippen LogP contribution >= 0.6 is 14.5 Å². The van der Waals surface area contributed by atoms with Crippen LogP contribution in [0.5, 0.6) is 23.0 Å². The van der Waals surface area contributed by atoms with E-state index in [1.807, 2.05) is 109 Å². The number of rotatable bonds is 19. The molecular formula is C60H54N2O8P2. The third kappa shape index (κ3) is 10.9. The molecule has 0 saturated carbocycles. The van der Waals surface area contributed by atoms with E-state index in [2.05, 4.69) is 82.8 Å². The molecule has 0 aliphatic carbocycles. The summed E-state index contributed by atoms with van der Waals surface area (Å²) in [6, 6.07) is 67.8. The van der Waals surface area contributed by atoms with E-state index in [1.54, 1.807) is 0 Å². The fourth-order valence-electron chi connectivity index (χ4n) is 9.20. The number of benzene rings is 8. The van der Waals surface area contributed by atoms with Crippen molar-refractivity contribution in [2.45, 2.75) is 13.8 Å². The molecule has 0 aromatic heterocycles. The predicted octanol–water partition coefficient (Wildman–Crippen LogP) is 7.42. The highest BCUT2D eigenvalue weighted by molar-refractivity contribution is 7.96. The first kappa shape index (κ1) is 50.5. The van der Waals surface area contributed by atoms with E-state index < -0.39 is 38.3 Å². The minimum Gasteiger partial charge on any atom is -0.858 e.